The molecule has 1 aromatic rings. The van der Waals surface area contributed by atoms with Gasteiger partial charge in [0.1, 0.15) is 10.8 Å². The van der Waals surface area contributed by atoms with E-state index in [1.807, 2.05) is 7.05 Å². The molecule has 1 aromatic heterocycles. The summed E-state index contributed by atoms with van der Waals surface area (Å²) in [6.45, 7) is 2.10. The lowest BCUT2D eigenvalue weighted by molar-refractivity contribution is 1.05. The third-order valence-electron chi connectivity index (χ3n) is 1.16. The van der Waals surface area contributed by atoms with E-state index < -0.39 is 0 Å². The monoisotopic (exact) mass is 169 g/mol. The van der Waals surface area contributed by atoms with Crippen molar-refractivity contribution in [2.75, 3.05) is 18.1 Å². The zero-order valence-electron chi connectivity index (χ0n) is 6.66. The van der Waals surface area contributed by atoms with Crippen LogP contribution in [0.25, 0.3) is 0 Å². The second-order valence-electron chi connectivity index (χ2n) is 1.93. The van der Waals surface area contributed by atoms with Crippen molar-refractivity contribution < 1.29 is 0 Å². The van der Waals surface area contributed by atoms with Crippen LogP contribution in [-0.2, 0) is 0 Å². The van der Waals surface area contributed by atoms with Crippen LogP contribution in [0.1, 0.15) is 6.92 Å². The van der Waals surface area contributed by atoms with E-state index in [0.717, 1.165) is 16.6 Å². The molecule has 0 aliphatic carbocycles. The molecule has 0 saturated carbocycles. The van der Waals surface area contributed by atoms with Gasteiger partial charge in [0.2, 0.25) is 0 Å². The first-order valence-corrected chi connectivity index (χ1v) is 4.48. The fourth-order valence-electron chi connectivity index (χ4n) is 0.686. The van der Waals surface area contributed by atoms with Crippen LogP contribution in [0.4, 0.5) is 5.82 Å². The van der Waals surface area contributed by atoms with Gasteiger partial charge < -0.3 is 5.32 Å². The summed E-state index contributed by atoms with van der Waals surface area (Å²) < 4.78 is 0. The zero-order valence-corrected chi connectivity index (χ0v) is 7.48. The summed E-state index contributed by atoms with van der Waals surface area (Å²) in [6.07, 6.45) is 3.48. The van der Waals surface area contributed by atoms with Crippen molar-refractivity contribution in [3.63, 3.8) is 0 Å². The fourth-order valence-corrected chi connectivity index (χ4v) is 1.28. The third-order valence-corrected chi connectivity index (χ3v) is 1.94. The molecule has 0 radical (unpaired) electrons. The molecule has 11 heavy (non-hydrogen) atoms. The molecule has 0 aromatic carbocycles. The van der Waals surface area contributed by atoms with Crippen molar-refractivity contribution >= 4 is 17.6 Å². The van der Waals surface area contributed by atoms with Gasteiger partial charge in [0, 0.05) is 7.05 Å². The van der Waals surface area contributed by atoms with Gasteiger partial charge in [-0.3, -0.25) is 4.98 Å². The van der Waals surface area contributed by atoms with Gasteiger partial charge in [-0.25, -0.2) is 4.98 Å². The average Bonchev–Trinajstić information content (AvgIpc) is 2.06. The maximum absolute atomic E-state index is 4.27. The maximum Gasteiger partial charge on any atom is 0.145 e. The second-order valence-corrected chi connectivity index (χ2v) is 3.21. The molecule has 0 atom stereocenters. The maximum atomic E-state index is 4.27. The normalized spacial score (nSPS) is 9.64. The van der Waals surface area contributed by atoms with Crippen LogP contribution in [0, 0.1) is 0 Å². The quantitative estimate of drug-likeness (QED) is 0.698. The van der Waals surface area contributed by atoms with Gasteiger partial charge >= 0.3 is 0 Å². The molecule has 3 nitrogen and oxygen atoms in total. The van der Waals surface area contributed by atoms with E-state index in [2.05, 4.69) is 22.2 Å². The number of aromatic nitrogens is 2. The Balaban J connectivity index is 2.74. The topological polar surface area (TPSA) is 37.8 Å². The van der Waals surface area contributed by atoms with Gasteiger partial charge in [-0.1, -0.05) is 6.92 Å². The predicted octanol–water partition coefficient (Wildman–Crippen LogP) is 1.63. The minimum atomic E-state index is 0.823. The summed E-state index contributed by atoms with van der Waals surface area (Å²) in [6, 6.07) is 0. The molecule has 0 aliphatic heterocycles. The number of hydrogen-bond acceptors (Lipinski definition) is 4. The van der Waals surface area contributed by atoms with Crippen LogP contribution in [0.3, 0.4) is 0 Å². The van der Waals surface area contributed by atoms with E-state index in [0.29, 0.717) is 0 Å². The molecule has 0 amide bonds. The standard InChI is InChI=1S/C7H11N3S/c1-3-11-7-5-9-4-6(8-2)10-7/h4-5H,3H2,1-2H3,(H,8,10). The highest BCUT2D eigenvalue weighted by Crippen LogP contribution is 2.14. The Hall–Kier alpha value is -0.770. The molecule has 0 aliphatic rings. The van der Waals surface area contributed by atoms with Crippen molar-refractivity contribution in [3.8, 4) is 0 Å². The molecular formula is C7H11N3S. The lowest BCUT2D eigenvalue weighted by Crippen LogP contribution is -1.93. The van der Waals surface area contributed by atoms with E-state index in [4.69, 9.17) is 0 Å². The number of hydrogen-bond donors (Lipinski definition) is 1. The molecular weight excluding hydrogens is 158 g/mol. The van der Waals surface area contributed by atoms with Crippen molar-refractivity contribution in [1.82, 2.24) is 9.97 Å². The predicted molar refractivity (Wildman–Crippen MR) is 48.0 cm³/mol. The highest BCUT2D eigenvalue weighted by molar-refractivity contribution is 7.99. The molecule has 0 bridgehead atoms. The molecule has 0 unspecified atom stereocenters. The summed E-state index contributed by atoms with van der Waals surface area (Å²) in [4.78, 5) is 8.30. The van der Waals surface area contributed by atoms with E-state index in [1.165, 1.54) is 0 Å². The molecule has 60 valence electrons. The van der Waals surface area contributed by atoms with E-state index in [9.17, 15) is 0 Å². The first-order valence-electron chi connectivity index (χ1n) is 3.49. The average molecular weight is 169 g/mol. The van der Waals surface area contributed by atoms with Gasteiger partial charge in [-0.2, -0.15) is 0 Å². The summed E-state index contributed by atoms with van der Waals surface area (Å²) in [5.41, 5.74) is 0. The number of nitrogens with one attached hydrogen (secondary N) is 1. The van der Waals surface area contributed by atoms with Gasteiger partial charge in [0.05, 0.1) is 12.4 Å². The Morgan fingerprint density at radius 3 is 3.00 bits per heavy atom. The molecule has 1 N–H and O–H groups in total. The molecule has 4 heteroatoms. The van der Waals surface area contributed by atoms with Gasteiger partial charge in [-0.05, 0) is 5.75 Å². The zero-order chi connectivity index (χ0) is 8.10. The van der Waals surface area contributed by atoms with Crippen LogP contribution < -0.4 is 5.32 Å². The Morgan fingerprint density at radius 1 is 1.55 bits per heavy atom. The Bertz CT molecular complexity index is 227. The lowest BCUT2D eigenvalue weighted by Gasteiger charge is -1.99. The molecule has 0 fully saturated rings. The van der Waals surface area contributed by atoms with Crippen LogP contribution in [0.15, 0.2) is 17.4 Å². The lowest BCUT2D eigenvalue weighted by atomic mass is 10.7. The van der Waals surface area contributed by atoms with E-state index in [-0.39, 0.29) is 0 Å². The Labute approximate surface area is 70.6 Å². The third kappa shape index (κ3) is 2.38. The van der Waals surface area contributed by atoms with Crippen LogP contribution >= 0.6 is 11.8 Å². The Morgan fingerprint density at radius 2 is 2.36 bits per heavy atom. The Kier molecular flexibility index (Phi) is 3.16. The minimum Gasteiger partial charge on any atom is -0.372 e. The molecule has 1 heterocycles. The molecule has 0 spiro atoms. The number of anilines is 1. The summed E-state index contributed by atoms with van der Waals surface area (Å²) in [5.74, 6) is 1.85. The second kappa shape index (κ2) is 4.18. The largest absolute Gasteiger partial charge is 0.372 e. The first-order chi connectivity index (χ1) is 5.36. The van der Waals surface area contributed by atoms with Crippen LogP contribution in [-0.4, -0.2) is 22.8 Å². The van der Waals surface area contributed by atoms with Crippen molar-refractivity contribution in [1.29, 1.82) is 0 Å². The van der Waals surface area contributed by atoms with E-state index in [1.54, 1.807) is 24.2 Å². The fraction of sp³-hybridized carbons (Fsp3) is 0.429. The molecule has 0 saturated heterocycles. The highest BCUT2D eigenvalue weighted by Gasteiger charge is 1.94. The van der Waals surface area contributed by atoms with Gasteiger partial charge in [0.25, 0.3) is 0 Å². The van der Waals surface area contributed by atoms with Crippen molar-refractivity contribution in [3.05, 3.63) is 12.4 Å². The number of thioether (sulfide) groups is 1. The van der Waals surface area contributed by atoms with Crippen LogP contribution in [0.2, 0.25) is 0 Å². The SMILES string of the molecule is CCSc1cncc(NC)n1. The van der Waals surface area contributed by atoms with Gasteiger partial charge in [-0.15, -0.1) is 11.8 Å². The summed E-state index contributed by atoms with van der Waals surface area (Å²) in [7, 11) is 1.84. The minimum absolute atomic E-state index is 0.823. The van der Waals surface area contributed by atoms with Crippen LogP contribution in [0.5, 0.6) is 0 Å². The summed E-state index contributed by atoms with van der Waals surface area (Å²) in [5, 5.41) is 3.91. The highest BCUT2D eigenvalue weighted by atomic mass is 32.2. The first kappa shape index (κ1) is 8.33. The number of nitrogens with zero attached hydrogens (tertiary/aromatic N) is 2. The van der Waals surface area contributed by atoms with Crippen molar-refractivity contribution in [2.45, 2.75) is 11.9 Å². The van der Waals surface area contributed by atoms with E-state index >= 15 is 0 Å². The number of rotatable bonds is 3. The molecule has 1 rings (SSSR count). The van der Waals surface area contributed by atoms with Crippen molar-refractivity contribution in [2.24, 2.45) is 0 Å². The summed E-state index contributed by atoms with van der Waals surface area (Å²) >= 11 is 1.69. The smallest absolute Gasteiger partial charge is 0.145 e. The van der Waals surface area contributed by atoms with Gasteiger partial charge in [0.15, 0.2) is 0 Å².